The Kier molecular flexibility index (Phi) is 5.04. The molecule has 1 unspecified atom stereocenters. The lowest BCUT2D eigenvalue weighted by Crippen LogP contribution is -2.32. The van der Waals surface area contributed by atoms with E-state index in [1.54, 1.807) is 0 Å². The summed E-state index contributed by atoms with van der Waals surface area (Å²) in [5.41, 5.74) is -1.99. The molecule has 0 fully saturated rings. The highest BCUT2D eigenvalue weighted by Crippen LogP contribution is 2.27. The van der Waals surface area contributed by atoms with E-state index in [-0.39, 0.29) is 17.0 Å². The number of nitrogens with one attached hydrogen (secondary N) is 1. The van der Waals surface area contributed by atoms with Crippen LogP contribution >= 0.6 is 0 Å². The van der Waals surface area contributed by atoms with E-state index < -0.39 is 46.7 Å². The van der Waals surface area contributed by atoms with Crippen LogP contribution in [-0.4, -0.2) is 20.8 Å². The van der Waals surface area contributed by atoms with Crippen LogP contribution in [0, 0.1) is 11.6 Å². The molecule has 146 valence electrons. The van der Waals surface area contributed by atoms with Gasteiger partial charge in [-0.25, -0.2) is 27.3 Å². The molecule has 6 nitrogen and oxygen atoms in total. The van der Waals surface area contributed by atoms with Crippen LogP contribution < -0.4 is 10.9 Å². The number of alkyl halides is 2. The zero-order valence-corrected chi connectivity index (χ0v) is 14.3. The van der Waals surface area contributed by atoms with Gasteiger partial charge in [0.15, 0.2) is 0 Å². The molecule has 28 heavy (non-hydrogen) atoms. The third-order valence-corrected chi connectivity index (χ3v) is 4.02. The van der Waals surface area contributed by atoms with Crippen LogP contribution in [0.15, 0.2) is 41.2 Å². The van der Waals surface area contributed by atoms with Gasteiger partial charge in [-0.05, 0) is 25.1 Å². The van der Waals surface area contributed by atoms with Crippen molar-refractivity contribution in [2.45, 2.75) is 19.4 Å². The van der Waals surface area contributed by atoms with Crippen LogP contribution in [0.25, 0.3) is 16.6 Å². The van der Waals surface area contributed by atoms with E-state index in [0.717, 1.165) is 22.8 Å². The fraction of sp³-hybridized carbons (Fsp3) is 0.167. The molecule has 1 aromatic heterocycles. The van der Waals surface area contributed by atoms with Crippen molar-refractivity contribution in [3.63, 3.8) is 0 Å². The second-order valence-electron chi connectivity index (χ2n) is 5.95. The summed E-state index contributed by atoms with van der Waals surface area (Å²) >= 11 is 0. The summed E-state index contributed by atoms with van der Waals surface area (Å²) in [6.45, 7) is 1.35. The predicted octanol–water partition coefficient (Wildman–Crippen LogP) is 3.93. The highest BCUT2D eigenvalue weighted by atomic mass is 19.3. The number of fused-ring (bicyclic) bond motifs is 1. The molecule has 1 heterocycles. The minimum absolute atomic E-state index is 0.0926. The molecule has 1 amide bonds. The average Bonchev–Trinajstić information content (AvgIpc) is 2.59. The zero-order chi connectivity index (χ0) is 20.6. The summed E-state index contributed by atoms with van der Waals surface area (Å²) in [5, 5.41) is 10.6. The van der Waals surface area contributed by atoms with E-state index in [9.17, 15) is 27.2 Å². The quantitative estimate of drug-likeness (QED) is 0.656. The van der Waals surface area contributed by atoms with Crippen LogP contribution in [0.5, 0.6) is 0 Å². The van der Waals surface area contributed by atoms with Gasteiger partial charge in [-0.2, -0.15) is 0 Å². The van der Waals surface area contributed by atoms with Gasteiger partial charge in [-0.15, -0.1) is 0 Å². The van der Waals surface area contributed by atoms with Crippen LogP contribution in [0.3, 0.4) is 0 Å². The van der Waals surface area contributed by atoms with Crippen LogP contribution in [0.4, 0.5) is 22.4 Å². The minimum Gasteiger partial charge on any atom is -0.465 e. The molecule has 0 aliphatic carbocycles. The maximum atomic E-state index is 13.7. The number of benzene rings is 2. The first-order valence-corrected chi connectivity index (χ1v) is 7.98. The van der Waals surface area contributed by atoms with Gasteiger partial charge in [0, 0.05) is 11.6 Å². The van der Waals surface area contributed by atoms with Crippen molar-refractivity contribution in [1.82, 2.24) is 14.9 Å². The third kappa shape index (κ3) is 3.53. The lowest BCUT2D eigenvalue weighted by Gasteiger charge is -2.19. The smallest absolute Gasteiger partial charge is 0.405 e. The maximum absolute atomic E-state index is 13.7. The largest absolute Gasteiger partial charge is 0.465 e. The van der Waals surface area contributed by atoms with Gasteiger partial charge in [-0.3, -0.25) is 9.36 Å². The summed E-state index contributed by atoms with van der Waals surface area (Å²) in [7, 11) is 0. The average molecular weight is 395 g/mol. The predicted molar refractivity (Wildman–Crippen MR) is 91.8 cm³/mol. The van der Waals surface area contributed by atoms with Crippen molar-refractivity contribution in [3.05, 3.63) is 69.8 Å². The van der Waals surface area contributed by atoms with Gasteiger partial charge in [-0.1, -0.05) is 12.1 Å². The van der Waals surface area contributed by atoms with Gasteiger partial charge in [0.25, 0.3) is 12.0 Å². The number of halogens is 4. The second kappa shape index (κ2) is 7.29. The molecule has 0 radical (unpaired) electrons. The monoisotopic (exact) mass is 395 g/mol. The molecule has 0 saturated heterocycles. The normalized spacial score (nSPS) is 12.4. The van der Waals surface area contributed by atoms with E-state index >= 15 is 0 Å². The van der Waals surface area contributed by atoms with Crippen molar-refractivity contribution < 1.29 is 27.5 Å². The van der Waals surface area contributed by atoms with Gasteiger partial charge >= 0.3 is 6.09 Å². The summed E-state index contributed by atoms with van der Waals surface area (Å²) in [6.07, 6.45) is -4.42. The lowest BCUT2D eigenvalue weighted by molar-refractivity contribution is 0.153. The molecule has 3 rings (SSSR count). The van der Waals surface area contributed by atoms with E-state index in [1.807, 2.05) is 0 Å². The fourth-order valence-corrected chi connectivity index (χ4v) is 2.91. The molecule has 2 aromatic carbocycles. The van der Waals surface area contributed by atoms with Gasteiger partial charge in [0.2, 0.25) is 0 Å². The molecule has 10 heteroatoms. The highest BCUT2D eigenvalue weighted by Gasteiger charge is 2.23. The van der Waals surface area contributed by atoms with Crippen molar-refractivity contribution in [2.24, 2.45) is 0 Å². The Balaban J connectivity index is 2.43. The SMILES string of the molecule is CC(NC(=O)O)c1nc2cccc(C(F)F)c2c(=O)n1-c1cc(F)cc(F)c1. The van der Waals surface area contributed by atoms with Gasteiger partial charge in [0.1, 0.15) is 17.5 Å². The zero-order valence-electron chi connectivity index (χ0n) is 14.3. The number of rotatable bonds is 4. The number of carboxylic acid groups (broad SMARTS) is 1. The fourth-order valence-electron chi connectivity index (χ4n) is 2.91. The molecule has 1 atom stereocenters. The maximum Gasteiger partial charge on any atom is 0.405 e. The molecule has 0 aliphatic rings. The Morgan fingerprint density at radius 1 is 1.18 bits per heavy atom. The van der Waals surface area contributed by atoms with E-state index in [2.05, 4.69) is 10.3 Å². The number of carbonyl (C=O) groups is 1. The van der Waals surface area contributed by atoms with Gasteiger partial charge < -0.3 is 10.4 Å². The number of aromatic nitrogens is 2. The summed E-state index contributed by atoms with van der Waals surface area (Å²) in [5.74, 6) is -2.22. The van der Waals surface area contributed by atoms with Crippen molar-refractivity contribution in [1.29, 1.82) is 0 Å². The Bertz CT molecular complexity index is 1110. The molecule has 0 bridgehead atoms. The number of hydrogen-bond donors (Lipinski definition) is 2. The Labute approximate surface area is 155 Å². The summed E-state index contributed by atoms with van der Waals surface area (Å²) < 4.78 is 54.9. The molecule has 2 N–H and O–H groups in total. The van der Waals surface area contributed by atoms with Crippen LogP contribution in [-0.2, 0) is 0 Å². The van der Waals surface area contributed by atoms with Crippen molar-refractivity contribution in [3.8, 4) is 5.69 Å². The van der Waals surface area contributed by atoms with Crippen molar-refractivity contribution >= 4 is 17.0 Å². The Morgan fingerprint density at radius 2 is 1.82 bits per heavy atom. The molecular formula is C18H13F4N3O3. The standard InChI is InChI=1S/C18H13F4N3O3/c1-8(23-18(27)28)16-24-13-4-2-3-12(15(21)22)14(13)17(26)25(16)11-6-9(19)5-10(20)7-11/h2-8,15,23H,1H3,(H,27,28). The number of hydrogen-bond acceptors (Lipinski definition) is 3. The third-order valence-electron chi connectivity index (χ3n) is 4.02. The summed E-state index contributed by atoms with van der Waals surface area (Å²) in [6, 6.07) is 4.77. The molecule has 0 saturated carbocycles. The second-order valence-corrected chi connectivity index (χ2v) is 5.95. The molecule has 0 spiro atoms. The van der Waals surface area contributed by atoms with E-state index in [0.29, 0.717) is 6.07 Å². The summed E-state index contributed by atoms with van der Waals surface area (Å²) in [4.78, 5) is 28.2. The number of amides is 1. The van der Waals surface area contributed by atoms with E-state index in [4.69, 9.17) is 5.11 Å². The Hall–Kier alpha value is -3.43. The van der Waals surface area contributed by atoms with E-state index in [1.165, 1.54) is 19.1 Å². The lowest BCUT2D eigenvalue weighted by atomic mass is 10.1. The Morgan fingerprint density at radius 3 is 2.39 bits per heavy atom. The molecule has 0 aliphatic heterocycles. The van der Waals surface area contributed by atoms with Crippen molar-refractivity contribution in [2.75, 3.05) is 0 Å². The van der Waals surface area contributed by atoms with Crippen LogP contribution in [0.2, 0.25) is 0 Å². The highest BCUT2D eigenvalue weighted by molar-refractivity contribution is 5.82. The minimum atomic E-state index is -2.99. The molecular weight excluding hydrogens is 382 g/mol. The first kappa shape index (κ1) is 19.3. The molecule has 3 aromatic rings. The van der Waals surface area contributed by atoms with Gasteiger partial charge in [0.05, 0.1) is 22.6 Å². The first-order valence-electron chi connectivity index (χ1n) is 7.98. The van der Waals surface area contributed by atoms with Crippen LogP contribution in [0.1, 0.15) is 30.8 Å². The number of nitrogens with zero attached hydrogens (tertiary/aromatic N) is 2. The topological polar surface area (TPSA) is 84.2 Å². The first-order chi connectivity index (χ1) is 13.2.